The van der Waals surface area contributed by atoms with E-state index in [-0.39, 0.29) is 10.9 Å². The molecule has 0 radical (unpaired) electrons. The van der Waals surface area contributed by atoms with Gasteiger partial charge in [0.05, 0.1) is 0 Å². The van der Waals surface area contributed by atoms with Crippen molar-refractivity contribution in [1.29, 1.82) is 0 Å². The summed E-state index contributed by atoms with van der Waals surface area (Å²) < 4.78 is 30.3. The van der Waals surface area contributed by atoms with E-state index in [0.29, 0.717) is 5.69 Å². The maximum absolute atomic E-state index is 12.1. The van der Waals surface area contributed by atoms with Crippen LogP contribution >= 0.6 is 0 Å². The number of anilines is 2. The predicted octanol–water partition coefficient (Wildman–Crippen LogP) is 1.51. The van der Waals surface area contributed by atoms with Crippen molar-refractivity contribution in [3.05, 3.63) is 42.2 Å². The Bertz CT molecular complexity index is 781. The molecule has 1 aromatic heterocycles. The predicted molar refractivity (Wildman–Crippen MR) is 83.7 cm³/mol. The Morgan fingerprint density at radius 3 is 2.55 bits per heavy atom. The van der Waals surface area contributed by atoms with Crippen LogP contribution in [0.2, 0.25) is 0 Å². The lowest BCUT2D eigenvalue weighted by atomic mass is 10.2. The Labute approximate surface area is 129 Å². The van der Waals surface area contributed by atoms with Crippen LogP contribution in [0, 0.1) is 0 Å². The van der Waals surface area contributed by atoms with E-state index in [1.165, 1.54) is 19.2 Å². The lowest BCUT2D eigenvalue weighted by Crippen LogP contribution is -2.18. The first-order valence-corrected chi connectivity index (χ1v) is 7.94. The molecular weight excluding hydrogens is 306 g/mol. The molecule has 0 saturated carbocycles. The number of carbonyl (C=O) groups excluding carboxylic acids is 1. The van der Waals surface area contributed by atoms with Crippen molar-refractivity contribution in [1.82, 2.24) is 4.72 Å². The largest absolute Gasteiger partial charge is 0.438 e. The highest BCUT2D eigenvalue weighted by molar-refractivity contribution is 7.89. The minimum atomic E-state index is -3.71. The van der Waals surface area contributed by atoms with Crippen molar-refractivity contribution in [2.75, 3.05) is 31.4 Å². The molecule has 2 aromatic rings. The average molecular weight is 323 g/mol. The maximum atomic E-state index is 12.1. The summed E-state index contributed by atoms with van der Waals surface area (Å²) in [5.41, 5.74) is 1.52. The summed E-state index contributed by atoms with van der Waals surface area (Å²) in [6, 6.07) is 9.79. The van der Waals surface area contributed by atoms with Gasteiger partial charge in [-0.1, -0.05) is 6.07 Å². The van der Waals surface area contributed by atoms with E-state index in [9.17, 15) is 13.2 Å². The van der Waals surface area contributed by atoms with Gasteiger partial charge in [-0.2, -0.15) is 0 Å². The quantitative estimate of drug-likeness (QED) is 0.870. The fraction of sp³-hybridized carbons (Fsp3) is 0.214. The van der Waals surface area contributed by atoms with Crippen molar-refractivity contribution in [2.45, 2.75) is 5.09 Å². The van der Waals surface area contributed by atoms with Gasteiger partial charge in [-0.25, -0.2) is 13.1 Å². The molecule has 22 heavy (non-hydrogen) atoms. The lowest BCUT2D eigenvalue weighted by molar-refractivity contribution is 0.0991. The van der Waals surface area contributed by atoms with Crippen molar-refractivity contribution in [3.8, 4) is 0 Å². The summed E-state index contributed by atoms with van der Waals surface area (Å²) in [5, 5.41) is 2.36. The minimum absolute atomic E-state index is 0.0796. The number of hydrogen-bond donors (Lipinski definition) is 2. The highest BCUT2D eigenvalue weighted by atomic mass is 32.2. The Morgan fingerprint density at radius 2 is 1.91 bits per heavy atom. The van der Waals surface area contributed by atoms with Gasteiger partial charge in [0.25, 0.3) is 15.9 Å². The molecule has 0 aliphatic heterocycles. The number of nitrogens with zero attached hydrogens (tertiary/aromatic N) is 1. The number of amides is 1. The molecule has 2 rings (SSSR count). The maximum Gasteiger partial charge on any atom is 0.291 e. The second-order valence-corrected chi connectivity index (χ2v) is 6.54. The SMILES string of the molecule is CNS(=O)(=O)c1ccc(C(=O)Nc2cccc(N(C)C)c2)o1. The van der Waals surface area contributed by atoms with Gasteiger partial charge in [0.1, 0.15) is 0 Å². The third kappa shape index (κ3) is 3.46. The average Bonchev–Trinajstić information content (AvgIpc) is 2.98. The van der Waals surface area contributed by atoms with E-state index in [2.05, 4.69) is 10.0 Å². The zero-order valence-corrected chi connectivity index (χ0v) is 13.3. The van der Waals surface area contributed by atoms with Gasteiger partial charge in [0.2, 0.25) is 5.09 Å². The van der Waals surface area contributed by atoms with Crippen LogP contribution in [-0.2, 0) is 10.0 Å². The van der Waals surface area contributed by atoms with Crippen molar-refractivity contribution < 1.29 is 17.6 Å². The van der Waals surface area contributed by atoms with Crippen molar-refractivity contribution >= 4 is 27.3 Å². The number of carbonyl (C=O) groups is 1. The molecule has 0 spiro atoms. The van der Waals surface area contributed by atoms with Crippen LogP contribution in [-0.4, -0.2) is 35.5 Å². The molecule has 0 aliphatic rings. The summed E-state index contributed by atoms with van der Waals surface area (Å²) in [5.74, 6) is -0.599. The number of hydrogen-bond acceptors (Lipinski definition) is 5. The molecule has 1 heterocycles. The summed E-state index contributed by atoms with van der Waals surface area (Å²) in [7, 11) is 1.35. The van der Waals surface area contributed by atoms with E-state index in [4.69, 9.17) is 4.42 Å². The van der Waals surface area contributed by atoms with E-state index in [0.717, 1.165) is 5.69 Å². The normalized spacial score (nSPS) is 11.2. The molecule has 2 N–H and O–H groups in total. The molecule has 0 bridgehead atoms. The first-order chi connectivity index (χ1) is 10.3. The van der Waals surface area contributed by atoms with Crippen LogP contribution in [0.4, 0.5) is 11.4 Å². The Hall–Kier alpha value is -2.32. The first kappa shape index (κ1) is 16.1. The third-order valence-corrected chi connectivity index (χ3v) is 4.25. The van der Waals surface area contributed by atoms with Crippen molar-refractivity contribution in [2.24, 2.45) is 0 Å². The second kappa shape index (κ2) is 6.20. The Morgan fingerprint density at radius 1 is 1.18 bits per heavy atom. The summed E-state index contributed by atoms with van der Waals surface area (Å²) >= 11 is 0. The highest BCUT2D eigenvalue weighted by Crippen LogP contribution is 2.19. The zero-order valence-electron chi connectivity index (χ0n) is 12.5. The molecule has 0 unspecified atom stereocenters. The van der Waals surface area contributed by atoms with Crippen molar-refractivity contribution in [3.63, 3.8) is 0 Å². The molecule has 0 fully saturated rings. The van der Waals surface area contributed by atoms with Gasteiger partial charge in [0.15, 0.2) is 5.76 Å². The number of benzene rings is 1. The first-order valence-electron chi connectivity index (χ1n) is 6.45. The fourth-order valence-electron chi connectivity index (χ4n) is 1.74. The van der Waals surface area contributed by atoms with Gasteiger partial charge in [-0.3, -0.25) is 4.79 Å². The number of furan rings is 1. The van der Waals surface area contributed by atoms with Gasteiger partial charge in [-0.15, -0.1) is 0 Å². The Balaban J connectivity index is 2.18. The van der Waals surface area contributed by atoms with E-state index >= 15 is 0 Å². The summed E-state index contributed by atoms with van der Waals surface area (Å²) in [6.07, 6.45) is 0. The molecule has 7 nitrogen and oxygen atoms in total. The Kier molecular flexibility index (Phi) is 4.53. The fourth-order valence-corrected chi connectivity index (χ4v) is 2.39. The molecule has 0 saturated heterocycles. The summed E-state index contributed by atoms with van der Waals surface area (Å²) in [6.45, 7) is 0. The van der Waals surface area contributed by atoms with Crippen LogP contribution in [0.5, 0.6) is 0 Å². The monoisotopic (exact) mass is 323 g/mol. The minimum Gasteiger partial charge on any atom is -0.438 e. The van der Waals surface area contributed by atoms with E-state index in [1.807, 2.05) is 31.1 Å². The smallest absolute Gasteiger partial charge is 0.291 e. The van der Waals surface area contributed by atoms with Crippen LogP contribution in [0.1, 0.15) is 10.6 Å². The van der Waals surface area contributed by atoms with E-state index < -0.39 is 15.9 Å². The molecule has 0 aliphatic carbocycles. The standard InChI is InChI=1S/C14H17N3O4S/c1-15-22(19,20)13-8-7-12(21-13)14(18)16-10-5-4-6-11(9-10)17(2)3/h4-9,15H,1-3H3,(H,16,18). The van der Waals surface area contributed by atoms with Gasteiger partial charge in [0, 0.05) is 25.5 Å². The van der Waals surface area contributed by atoms with Gasteiger partial charge >= 0.3 is 0 Å². The van der Waals surface area contributed by atoms with Crippen LogP contribution in [0.3, 0.4) is 0 Å². The van der Waals surface area contributed by atoms with Gasteiger partial charge < -0.3 is 14.6 Å². The molecule has 0 atom stereocenters. The number of sulfonamides is 1. The third-order valence-electron chi connectivity index (χ3n) is 2.96. The topological polar surface area (TPSA) is 91.6 Å². The number of rotatable bonds is 5. The molecule has 1 amide bonds. The molecule has 118 valence electrons. The number of nitrogens with one attached hydrogen (secondary N) is 2. The molecular formula is C14H17N3O4S. The highest BCUT2D eigenvalue weighted by Gasteiger charge is 2.19. The molecule has 1 aromatic carbocycles. The zero-order chi connectivity index (χ0) is 16.3. The van der Waals surface area contributed by atoms with Crippen LogP contribution in [0.25, 0.3) is 0 Å². The second-order valence-electron chi connectivity index (χ2n) is 4.73. The summed E-state index contributed by atoms with van der Waals surface area (Å²) in [4.78, 5) is 14.0. The van der Waals surface area contributed by atoms with Crippen LogP contribution in [0.15, 0.2) is 45.9 Å². The lowest BCUT2D eigenvalue weighted by Gasteiger charge is -2.13. The molecule has 8 heteroatoms. The van der Waals surface area contributed by atoms with Gasteiger partial charge in [-0.05, 0) is 37.4 Å². The van der Waals surface area contributed by atoms with Crippen LogP contribution < -0.4 is 14.9 Å². The van der Waals surface area contributed by atoms with E-state index in [1.54, 1.807) is 12.1 Å².